The lowest BCUT2D eigenvalue weighted by molar-refractivity contribution is -0.1000. The molecule has 1 N–H and O–H groups in total. The molecule has 1 saturated heterocycles. The molecule has 0 amide bonds. The topological polar surface area (TPSA) is 56.3 Å². The summed E-state index contributed by atoms with van der Waals surface area (Å²) in [5, 5.41) is 3.39. The molecule has 1 fully saturated rings. The molecule has 1 aliphatic rings. The SMILES string of the molecule is CCCNc1nc(C2(OC)CCOCC2)nc(C)c1C. The van der Waals surface area contributed by atoms with E-state index < -0.39 is 5.60 Å². The van der Waals surface area contributed by atoms with Crippen LogP contribution in [0.15, 0.2) is 0 Å². The Morgan fingerprint density at radius 3 is 2.55 bits per heavy atom. The van der Waals surface area contributed by atoms with Gasteiger partial charge in [-0.15, -0.1) is 0 Å². The first-order valence-corrected chi connectivity index (χ1v) is 7.35. The van der Waals surface area contributed by atoms with Gasteiger partial charge in [0.15, 0.2) is 5.82 Å². The van der Waals surface area contributed by atoms with E-state index in [1.807, 2.05) is 6.92 Å². The zero-order chi connectivity index (χ0) is 14.6. The molecule has 112 valence electrons. The molecule has 2 heterocycles. The van der Waals surface area contributed by atoms with Crippen LogP contribution in [-0.2, 0) is 15.1 Å². The zero-order valence-electron chi connectivity index (χ0n) is 13.0. The number of methoxy groups -OCH3 is 1. The van der Waals surface area contributed by atoms with Gasteiger partial charge in [0.1, 0.15) is 11.4 Å². The van der Waals surface area contributed by atoms with E-state index in [0.717, 1.165) is 48.7 Å². The normalized spacial score (nSPS) is 18.0. The van der Waals surface area contributed by atoms with Crippen molar-refractivity contribution in [3.05, 3.63) is 17.1 Å². The summed E-state index contributed by atoms with van der Waals surface area (Å²) in [5.41, 5.74) is 1.72. The number of aromatic nitrogens is 2. The summed E-state index contributed by atoms with van der Waals surface area (Å²) in [4.78, 5) is 9.41. The van der Waals surface area contributed by atoms with Gasteiger partial charge in [-0.1, -0.05) is 6.92 Å². The van der Waals surface area contributed by atoms with Crippen molar-refractivity contribution in [2.75, 3.05) is 32.2 Å². The fraction of sp³-hybridized carbons (Fsp3) is 0.733. The number of nitrogens with zero attached hydrogens (tertiary/aromatic N) is 2. The lowest BCUT2D eigenvalue weighted by Crippen LogP contribution is -2.37. The van der Waals surface area contributed by atoms with Crippen LogP contribution in [-0.4, -0.2) is 36.8 Å². The van der Waals surface area contributed by atoms with Crippen molar-refractivity contribution >= 4 is 5.82 Å². The van der Waals surface area contributed by atoms with Crippen molar-refractivity contribution in [3.8, 4) is 0 Å². The summed E-state index contributed by atoms with van der Waals surface area (Å²) < 4.78 is 11.2. The minimum absolute atomic E-state index is 0.403. The van der Waals surface area contributed by atoms with Gasteiger partial charge in [0.05, 0.1) is 0 Å². The van der Waals surface area contributed by atoms with Gasteiger partial charge in [0.2, 0.25) is 0 Å². The molecule has 0 radical (unpaired) electrons. The van der Waals surface area contributed by atoms with E-state index in [4.69, 9.17) is 14.5 Å². The molecule has 1 aromatic rings. The van der Waals surface area contributed by atoms with Gasteiger partial charge >= 0.3 is 0 Å². The number of hydrogen-bond donors (Lipinski definition) is 1. The van der Waals surface area contributed by atoms with Crippen molar-refractivity contribution in [2.45, 2.75) is 45.6 Å². The average Bonchev–Trinajstić information content (AvgIpc) is 2.49. The van der Waals surface area contributed by atoms with Gasteiger partial charge in [-0.25, -0.2) is 9.97 Å². The molecule has 0 aromatic carbocycles. The Bertz CT molecular complexity index is 457. The van der Waals surface area contributed by atoms with E-state index in [1.165, 1.54) is 0 Å². The molecule has 0 atom stereocenters. The summed E-state index contributed by atoms with van der Waals surface area (Å²) >= 11 is 0. The fourth-order valence-corrected chi connectivity index (χ4v) is 2.47. The van der Waals surface area contributed by atoms with Crippen molar-refractivity contribution in [3.63, 3.8) is 0 Å². The number of aryl methyl sites for hydroxylation is 1. The van der Waals surface area contributed by atoms with Gasteiger partial charge < -0.3 is 14.8 Å². The maximum atomic E-state index is 5.79. The second kappa shape index (κ2) is 6.50. The molecule has 5 heteroatoms. The number of rotatable bonds is 5. The molecule has 1 aliphatic heterocycles. The lowest BCUT2D eigenvalue weighted by atomic mass is 9.92. The Labute approximate surface area is 121 Å². The Morgan fingerprint density at radius 1 is 1.25 bits per heavy atom. The molecule has 2 rings (SSSR count). The molecule has 0 spiro atoms. The molecular weight excluding hydrogens is 254 g/mol. The summed E-state index contributed by atoms with van der Waals surface area (Å²) in [5.74, 6) is 1.71. The predicted molar refractivity (Wildman–Crippen MR) is 79.0 cm³/mol. The van der Waals surface area contributed by atoms with Crippen molar-refractivity contribution in [1.82, 2.24) is 9.97 Å². The highest BCUT2D eigenvalue weighted by Gasteiger charge is 2.38. The number of ether oxygens (including phenoxy) is 2. The van der Waals surface area contributed by atoms with E-state index in [1.54, 1.807) is 7.11 Å². The van der Waals surface area contributed by atoms with E-state index in [-0.39, 0.29) is 0 Å². The highest BCUT2D eigenvalue weighted by atomic mass is 16.5. The van der Waals surface area contributed by atoms with Gasteiger partial charge in [-0.3, -0.25) is 0 Å². The molecule has 0 saturated carbocycles. The van der Waals surface area contributed by atoms with Crippen LogP contribution in [0.1, 0.15) is 43.3 Å². The van der Waals surface area contributed by atoms with E-state index in [2.05, 4.69) is 24.1 Å². The van der Waals surface area contributed by atoms with Gasteiger partial charge in [-0.2, -0.15) is 0 Å². The van der Waals surface area contributed by atoms with Gasteiger partial charge in [0, 0.05) is 51.0 Å². The van der Waals surface area contributed by atoms with E-state index >= 15 is 0 Å². The third-order valence-electron chi connectivity index (χ3n) is 4.03. The predicted octanol–water partition coefficient (Wildman–Crippen LogP) is 2.57. The Kier molecular flexibility index (Phi) is 4.94. The second-order valence-corrected chi connectivity index (χ2v) is 5.34. The second-order valence-electron chi connectivity index (χ2n) is 5.34. The van der Waals surface area contributed by atoms with Crippen LogP contribution in [0.2, 0.25) is 0 Å². The molecule has 1 aromatic heterocycles. The van der Waals surface area contributed by atoms with Crippen LogP contribution in [0.5, 0.6) is 0 Å². The smallest absolute Gasteiger partial charge is 0.163 e. The van der Waals surface area contributed by atoms with Crippen LogP contribution >= 0.6 is 0 Å². The Balaban J connectivity index is 2.37. The molecule has 20 heavy (non-hydrogen) atoms. The quantitative estimate of drug-likeness (QED) is 0.897. The highest BCUT2D eigenvalue weighted by molar-refractivity contribution is 5.46. The molecule has 5 nitrogen and oxygen atoms in total. The molecule has 0 bridgehead atoms. The monoisotopic (exact) mass is 279 g/mol. The first kappa shape index (κ1) is 15.2. The number of hydrogen-bond acceptors (Lipinski definition) is 5. The van der Waals surface area contributed by atoms with Crippen LogP contribution in [0.3, 0.4) is 0 Å². The van der Waals surface area contributed by atoms with Crippen molar-refractivity contribution in [2.24, 2.45) is 0 Å². The minimum atomic E-state index is -0.403. The third kappa shape index (κ3) is 2.94. The maximum Gasteiger partial charge on any atom is 0.163 e. The van der Waals surface area contributed by atoms with Gasteiger partial charge in [-0.05, 0) is 20.3 Å². The number of nitrogens with one attached hydrogen (secondary N) is 1. The largest absolute Gasteiger partial charge is 0.381 e. The fourth-order valence-electron chi connectivity index (χ4n) is 2.47. The molecule has 0 unspecified atom stereocenters. The Morgan fingerprint density at radius 2 is 1.95 bits per heavy atom. The zero-order valence-corrected chi connectivity index (χ0v) is 13.0. The van der Waals surface area contributed by atoms with E-state index in [0.29, 0.717) is 13.2 Å². The summed E-state index contributed by atoms with van der Waals surface area (Å²) in [7, 11) is 1.74. The summed E-state index contributed by atoms with van der Waals surface area (Å²) in [6.07, 6.45) is 2.68. The highest BCUT2D eigenvalue weighted by Crippen LogP contribution is 2.34. The van der Waals surface area contributed by atoms with Crippen LogP contribution in [0, 0.1) is 13.8 Å². The van der Waals surface area contributed by atoms with E-state index in [9.17, 15) is 0 Å². The first-order valence-electron chi connectivity index (χ1n) is 7.35. The average molecular weight is 279 g/mol. The van der Waals surface area contributed by atoms with Crippen LogP contribution in [0.4, 0.5) is 5.82 Å². The van der Waals surface area contributed by atoms with Crippen molar-refractivity contribution in [1.29, 1.82) is 0 Å². The molecular formula is C15H25N3O2. The molecule has 0 aliphatic carbocycles. The van der Waals surface area contributed by atoms with Crippen LogP contribution in [0.25, 0.3) is 0 Å². The van der Waals surface area contributed by atoms with Crippen LogP contribution < -0.4 is 5.32 Å². The lowest BCUT2D eigenvalue weighted by Gasteiger charge is -2.34. The summed E-state index contributed by atoms with van der Waals surface area (Å²) in [6.45, 7) is 8.54. The Hall–Kier alpha value is -1.20. The van der Waals surface area contributed by atoms with Crippen molar-refractivity contribution < 1.29 is 9.47 Å². The minimum Gasteiger partial charge on any atom is -0.381 e. The number of anilines is 1. The maximum absolute atomic E-state index is 5.79. The third-order valence-corrected chi connectivity index (χ3v) is 4.03. The van der Waals surface area contributed by atoms with Gasteiger partial charge in [0.25, 0.3) is 0 Å². The summed E-state index contributed by atoms with van der Waals surface area (Å²) in [6, 6.07) is 0. The first-order chi connectivity index (χ1) is 9.63. The standard InChI is InChI=1S/C15H25N3O2/c1-5-8-16-13-11(2)12(3)17-14(18-13)15(19-4)6-9-20-10-7-15/h5-10H2,1-4H3,(H,16,17,18).